The van der Waals surface area contributed by atoms with Crippen LogP contribution in [0.3, 0.4) is 0 Å². The maximum Gasteiger partial charge on any atom is 0.261 e. The Kier molecular flexibility index (Phi) is 4.32. The maximum atomic E-state index is 11.0. The van der Waals surface area contributed by atoms with E-state index in [1.165, 1.54) is 18.2 Å². The first kappa shape index (κ1) is 13.0. The molecule has 1 aromatic rings. The van der Waals surface area contributed by atoms with Crippen LogP contribution in [-0.4, -0.2) is 21.3 Å². The minimum Gasteiger partial charge on any atom is -0.493 e. The average molecular weight is 263 g/mol. The molecule has 0 aliphatic carbocycles. The predicted octanol–water partition coefficient (Wildman–Crippen LogP) is 1.89. The van der Waals surface area contributed by atoms with Crippen LogP contribution in [-0.2, 0) is 13.8 Å². The van der Waals surface area contributed by atoms with Gasteiger partial charge in [0.2, 0.25) is 0 Å². The molecule has 0 bridgehead atoms. The van der Waals surface area contributed by atoms with Gasteiger partial charge < -0.3 is 9.53 Å². The first-order chi connectivity index (χ1) is 7.45. The minimum absolute atomic E-state index is 0.0365. The minimum atomic E-state index is -3.71. The second kappa shape index (κ2) is 5.32. The standard InChI is InChI=1S/C10H11ClO4S/c1-8-7-9(16(11,13)14)3-4-10(8)15-6-2-5-12/h3-5,7H,2,6H2,1H3. The van der Waals surface area contributed by atoms with Gasteiger partial charge in [0.05, 0.1) is 11.5 Å². The Morgan fingerprint density at radius 1 is 1.44 bits per heavy atom. The summed E-state index contributed by atoms with van der Waals surface area (Å²) in [6.07, 6.45) is 1.06. The molecule has 1 aromatic carbocycles. The summed E-state index contributed by atoms with van der Waals surface area (Å²) < 4.78 is 27.3. The summed E-state index contributed by atoms with van der Waals surface area (Å²) in [6.45, 7) is 1.99. The Bertz CT molecular complexity index is 482. The van der Waals surface area contributed by atoms with E-state index in [0.29, 0.717) is 17.7 Å². The van der Waals surface area contributed by atoms with Gasteiger partial charge in [-0.3, -0.25) is 0 Å². The number of hydrogen-bond donors (Lipinski definition) is 0. The van der Waals surface area contributed by atoms with Crippen molar-refractivity contribution in [2.24, 2.45) is 0 Å². The molecule has 0 saturated heterocycles. The fourth-order valence-electron chi connectivity index (χ4n) is 1.15. The quantitative estimate of drug-likeness (QED) is 0.462. The summed E-state index contributed by atoms with van der Waals surface area (Å²) in [5.41, 5.74) is 0.660. The van der Waals surface area contributed by atoms with Crippen LogP contribution >= 0.6 is 10.7 Å². The van der Waals surface area contributed by atoms with E-state index in [-0.39, 0.29) is 11.5 Å². The second-order valence-electron chi connectivity index (χ2n) is 3.17. The molecule has 0 aromatic heterocycles. The summed E-state index contributed by atoms with van der Waals surface area (Å²) in [4.78, 5) is 10.1. The van der Waals surface area contributed by atoms with Crippen LogP contribution < -0.4 is 4.74 Å². The van der Waals surface area contributed by atoms with E-state index in [0.717, 1.165) is 6.29 Å². The zero-order chi connectivity index (χ0) is 12.2. The van der Waals surface area contributed by atoms with E-state index in [1.807, 2.05) is 0 Å². The summed E-state index contributed by atoms with van der Waals surface area (Å²) in [6, 6.07) is 4.32. The SMILES string of the molecule is Cc1cc(S(=O)(=O)Cl)ccc1OCCC=O. The number of aryl methyl sites for hydroxylation is 1. The van der Waals surface area contributed by atoms with Crippen molar-refractivity contribution < 1.29 is 17.9 Å². The Morgan fingerprint density at radius 3 is 2.62 bits per heavy atom. The maximum absolute atomic E-state index is 11.0. The molecule has 0 spiro atoms. The molecule has 88 valence electrons. The molecule has 0 fully saturated rings. The monoisotopic (exact) mass is 262 g/mol. The van der Waals surface area contributed by atoms with Crippen molar-refractivity contribution in [3.63, 3.8) is 0 Å². The lowest BCUT2D eigenvalue weighted by atomic mass is 10.2. The highest BCUT2D eigenvalue weighted by molar-refractivity contribution is 8.13. The molecule has 0 atom stereocenters. The zero-order valence-electron chi connectivity index (χ0n) is 8.64. The van der Waals surface area contributed by atoms with Crippen molar-refractivity contribution in [2.45, 2.75) is 18.2 Å². The van der Waals surface area contributed by atoms with Crippen LogP contribution in [0.15, 0.2) is 23.1 Å². The van der Waals surface area contributed by atoms with Crippen LogP contribution in [0, 0.1) is 6.92 Å². The molecule has 0 aliphatic heterocycles. The first-order valence-electron chi connectivity index (χ1n) is 4.57. The van der Waals surface area contributed by atoms with E-state index >= 15 is 0 Å². The topological polar surface area (TPSA) is 60.4 Å². The highest BCUT2D eigenvalue weighted by atomic mass is 35.7. The molecule has 0 radical (unpaired) electrons. The Morgan fingerprint density at radius 2 is 2.12 bits per heavy atom. The molecule has 16 heavy (non-hydrogen) atoms. The molecular formula is C10H11ClO4S. The molecule has 6 heteroatoms. The van der Waals surface area contributed by atoms with Gasteiger partial charge in [-0.15, -0.1) is 0 Å². The summed E-state index contributed by atoms with van der Waals surface area (Å²) in [5.74, 6) is 0.547. The van der Waals surface area contributed by atoms with Gasteiger partial charge in [-0.25, -0.2) is 8.42 Å². The van der Waals surface area contributed by atoms with Gasteiger partial charge in [-0.2, -0.15) is 0 Å². The third kappa shape index (κ3) is 3.50. The smallest absolute Gasteiger partial charge is 0.261 e. The molecule has 0 amide bonds. The van der Waals surface area contributed by atoms with Crippen molar-refractivity contribution in [1.29, 1.82) is 0 Å². The highest BCUT2D eigenvalue weighted by Gasteiger charge is 2.11. The molecule has 0 heterocycles. The molecular weight excluding hydrogens is 252 g/mol. The first-order valence-corrected chi connectivity index (χ1v) is 6.88. The van der Waals surface area contributed by atoms with Crippen LogP contribution in [0.5, 0.6) is 5.75 Å². The van der Waals surface area contributed by atoms with Crippen LogP contribution in [0.1, 0.15) is 12.0 Å². The number of hydrogen-bond acceptors (Lipinski definition) is 4. The van der Waals surface area contributed by atoms with Crippen molar-refractivity contribution >= 4 is 26.0 Å². The van der Waals surface area contributed by atoms with Gasteiger partial charge in [-0.1, -0.05) is 0 Å². The molecule has 0 N–H and O–H groups in total. The normalized spacial score (nSPS) is 11.1. The van der Waals surface area contributed by atoms with Crippen molar-refractivity contribution in [3.8, 4) is 5.75 Å². The molecule has 4 nitrogen and oxygen atoms in total. The fraction of sp³-hybridized carbons (Fsp3) is 0.300. The summed E-state index contributed by atoms with van der Waals surface area (Å²) in [7, 11) is 1.49. The lowest BCUT2D eigenvalue weighted by Crippen LogP contribution is -2.00. The number of rotatable bonds is 5. The lowest BCUT2D eigenvalue weighted by Gasteiger charge is -2.08. The van der Waals surface area contributed by atoms with Gasteiger partial charge in [0.25, 0.3) is 9.05 Å². The van der Waals surface area contributed by atoms with Crippen molar-refractivity contribution in [3.05, 3.63) is 23.8 Å². The number of carbonyl (C=O) groups excluding carboxylic acids is 1. The molecule has 0 unspecified atom stereocenters. The van der Waals surface area contributed by atoms with Gasteiger partial charge in [0, 0.05) is 17.1 Å². The number of carbonyl (C=O) groups is 1. The van der Waals surface area contributed by atoms with Gasteiger partial charge in [-0.05, 0) is 30.7 Å². The molecule has 0 aliphatic rings. The number of aldehydes is 1. The van der Waals surface area contributed by atoms with Gasteiger partial charge in [0.15, 0.2) is 0 Å². The lowest BCUT2D eigenvalue weighted by molar-refractivity contribution is -0.108. The molecule has 0 saturated carbocycles. The van der Waals surface area contributed by atoms with E-state index in [4.69, 9.17) is 15.4 Å². The number of ether oxygens (including phenoxy) is 1. The molecule has 1 rings (SSSR count). The largest absolute Gasteiger partial charge is 0.493 e. The number of halogens is 1. The highest BCUT2D eigenvalue weighted by Crippen LogP contribution is 2.23. The van der Waals surface area contributed by atoms with Gasteiger partial charge in [0.1, 0.15) is 12.0 Å². The Labute approximate surface area is 98.6 Å². The van der Waals surface area contributed by atoms with Crippen LogP contribution in [0.4, 0.5) is 0 Å². The summed E-state index contributed by atoms with van der Waals surface area (Å²) in [5, 5.41) is 0. The van der Waals surface area contributed by atoms with E-state index < -0.39 is 9.05 Å². The van der Waals surface area contributed by atoms with E-state index in [9.17, 15) is 13.2 Å². The van der Waals surface area contributed by atoms with Crippen molar-refractivity contribution in [2.75, 3.05) is 6.61 Å². The average Bonchev–Trinajstić information content (AvgIpc) is 2.19. The predicted molar refractivity (Wildman–Crippen MR) is 60.4 cm³/mol. The third-order valence-corrected chi connectivity index (χ3v) is 3.27. The summed E-state index contributed by atoms with van der Waals surface area (Å²) >= 11 is 0. The third-order valence-electron chi connectivity index (χ3n) is 1.92. The number of benzene rings is 1. The van der Waals surface area contributed by atoms with Crippen molar-refractivity contribution in [1.82, 2.24) is 0 Å². The zero-order valence-corrected chi connectivity index (χ0v) is 10.2. The Hall–Kier alpha value is -1.07. The Balaban J connectivity index is 2.88. The van der Waals surface area contributed by atoms with Crippen LogP contribution in [0.2, 0.25) is 0 Å². The van der Waals surface area contributed by atoms with E-state index in [2.05, 4.69) is 0 Å². The van der Waals surface area contributed by atoms with Crippen LogP contribution in [0.25, 0.3) is 0 Å². The van der Waals surface area contributed by atoms with Gasteiger partial charge >= 0.3 is 0 Å². The fourth-order valence-corrected chi connectivity index (χ4v) is 1.99. The van der Waals surface area contributed by atoms with E-state index in [1.54, 1.807) is 6.92 Å². The second-order valence-corrected chi connectivity index (χ2v) is 5.73.